The summed E-state index contributed by atoms with van der Waals surface area (Å²) in [5, 5.41) is 4.04. The van der Waals surface area contributed by atoms with Gasteiger partial charge in [0.15, 0.2) is 23.0 Å². The SMILES string of the molecule is C=CCOc1c(Br)cc(/C=N/NC(=O)c2ccc(OC)c(OCC)c2)cc1OCC. The lowest BCUT2D eigenvalue weighted by molar-refractivity contribution is 0.0954. The minimum atomic E-state index is -0.370. The average molecular weight is 477 g/mol. The van der Waals surface area contributed by atoms with Crippen molar-refractivity contribution in [2.45, 2.75) is 13.8 Å². The molecule has 0 radical (unpaired) electrons. The summed E-state index contributed by atoms with van der Waals surface area (Å²) in [5.41, 5.74) is 3.63. The average Bonchev–Trinajstić information content (AvgIpc) is 2.73. The molecule has 0 aliphatic carbocycles. The van der Waals surface area contributed by atoms with Gasteiger partial charge in [-0.25, -0.2) is 5.43 Å². The third-order valence-corrected chi connectivity index (χ3v) is 4.37. The van der Waals surface area contributed by atoms with E-state index >= 15 is 0 Å². The Balaban J connectivity index is 2.15. The molecule has 1 N–H and O–H groups in total. The number of methoxy groups -OCH3 is 1. The van der Waals surface area contributed by atoms with Crippen LogP contribution in [0, 0.1) is 0 Å². The molecule has 2 aromatic rings. The highest BCUT2D eigenvalue weighted by atomic mass is 79.9. The Morgan fingerprint density at radius 1 is 1.10 bits per heavy atom. The van der Waals surface area contributed by atoms with Crippen molar-refractivity contribution in [1.29, 1.82) is 0 Å². The van der Waals surface area contributed by atoms with E-state index in [9.17, 15) is 4.79 Å². The molecule has 0 heterocycles. The van der Waals surface area contributed by atoms with Crippen molar-refractivity contribution in [2.75, 3.05) is 26.9 Å². The summed E-state index contributed by atoms with van der Waals surface area (Å²) in [6.45, 7) is 8.69. The van der Waals surface area contributed by atoms with Crippen molar-refractivity contribution in [3.05, 3.63) is 58.6 Å². The smallest absolute Gasteiger partial charge is 0.271 e. The Bertz CT molecular complexity index is 915. The van der Waals surface area contributed by atoms with Gasteiger partial charge >= 0.3 is 0 Å². The fourth-order valence-corrected chi connectivity index (χ4v) is 3.10. The summed E-state index contributed by atoms with van der Waals surface area (Å²) in [7, 11) is 1.55. The molecule has 0 bridgehead atoms. The Morgan fingerprint density at radius 3 is 2.50 bits per heavy atom. The van der Waals surface area contributed by atoms with Gasteiger partial charge in [-0.1, -0.05) is 12.7 Å². The van der Waals surface area contributed by atoms with E-state index in [1.165, 1.54) is 6.21 Å². The number of hydrazone groups is 1. The zero-order valence-corrected chi connectivity index (χ0v) is 18.8. The number of carbonyl (C=O) groups excluding carboxylic acids is 1. The normalized spacial score (nSPS) is 10.5. The van der Waals surface area contributed by atoms with E-state index < -0.39 is 0 Å². The summed E-state index contributed by atoms with van der Waals surface area (Å²) in [5.74, 6) is 1.84. The van der Waals surface area contributed by atoms with Gasteiger partial charge in [0, 0.05) is 5.56 Å². The second kappa shape index (κ2) is 11.9. The number of carbonyl (C=O) groups is 1. The summed E-state index contributed by atoms with van der Waals surface area (Å²) >= 11 is 3.48. The van der Waals surface area contributed by atoms with Crippen LogP contribution in [0.4, 0.5) is 0 Å². The minimum absolute atomic E-state index is 0.355. The Kier molecular flexibility index (Phi) is 9.21. The van der Waals surface area contributed by atoms with Crippen molar-refractivity contribution in [2.24, 2.45) is 5.10 Å². The molecule has 0 saturated carbocycles. The van der Waals surface area contributed by atoms with Gasteiger partial charge in [-0.05, 0) is 65.7 Å². The first-order chi connectivity index (χ1) is 14.5. The van der Waals surface area contributed by atoms with Gasteiger partial charge in [-0.3, -0.25) is 4.79 Å². The van der Waals surface area contributed by atoms with E-state index in [1.807, 2.05) is 19.9 Å². The van der Waals surface area contributed by atoms with Gasteiger partial charge in [0.2, 0.25) is 0 Å². The maximum Gasteiger partial charge on any atom is 0.271 e. The first-order valence-corrected chi connectivity index (χ1v) is 10.2. The van der Waals surface area contributed by atoms with Crippen molar-refractivity contribution in [3.63, 3.8) is 0 Å². The van der Waals surface area contributed by atoms with Crippen molar-refractivity contribution in [3.8, 4) is 23.0 Å². The van der Waals surface area contributed by atoms with Crippen LogP contribution in [0.15, 0.2) is 52.6 Å². The number of amides is 1. The van der Waals surface area contributed by atoms with Crippen molar-refractivity contribution < 1.29 is 23.7 Å². The molecule has 1 amide bonds. The summed E-state index contributed by atoms with van der Waals surface area (Å²) < 4.78 is 22.7. The fourth-order valence-electron chi connectivity index (χ4n) is 2.52. The maximum absolute atomic E-state index is 12.4. The Labute approximate surface area is 184 Å². The third kappa shape index (κ3) is 6.25. The number of nitrogens with zero attached hydrogens (tertiary/aromatic N) is 1. The van der Waals surface area contributed by atoms with Gasteiger partial charge in [-0.2, -0.15) is 5.10 Å². The third-order valence-electron chi connectivity index (χ3n) is 3.78. The molecular formula is C22H25BrN2O5. The van der Waals surface area contributed by atoms with E-state index in [0.29, 0.717) is 52.9 Å². The van der Waals surface area contributed by atoms with Crippen LogP contribution in [0.2, 0.25) is 0 Å². The van der Waals surface area contributed by atoms with Crippen LogP contribution >= 0.6 is 15.9 Å². The van der Waals surface area contributed by atoms with Crippen LogP contribution in [0.3, 0.4) is 0 Å². The minimum Gasteiger partial charge on any atom is -0.493 e. The highest BCUT2D eigenvalue weighted by Gasteiger charge is 2.12. The molecule has 0 fully saturated rings. The van der Waals surface area contributed by atoms with Crippen LogP contribution in [0.1, 0.15) is 29.8 Å². The molecule has 0 unspecified atom stereocenters. The summed E-state index contributed by atoms with van der Waals surface area (Å²) in [4.78, 5) is 12.4. The Morgan fingerprint density at radius 2 is 1.83 bits per heavy atom. The molecule has 0 atom stereocenters. The van der Waals surface area contributed by atoms with Crippen LogP contribution in [0.25, 0.3) is 0 Å². The molecule has 8 heteroatoms. The number of nitrogens with one attached hydrogen (secondary N) is 1. The van der Waals surface area contributed by atoms with Crippen LogP contribution in [0.5, 0.6) is 23.0 Å². The lowest BCUT2D eigenvalue weighted by Gasteiger charge is -2.13. The molecule has 0 saturated heterocycles. The van der Waals surface area contributed by atoms with E-state index in [1.54, 1.807) is 37.5 Å². The van der Waals surface area contributed by atoms with Gasteiger partial charge in [-0.15, -0.1) is 0 Å². The van der Waals surface area contributed by atoms with Crippen LogP contribution < -0.4 is 24.4 Å². The predicted molar refractivity (Wildman–Crippen MR) is 120 cm³/mol. The van der Waals surface area contributed by atoms with Gasteiger partial charge in [0.25, 0.3) is 5.91 Å². The summed E-state index contributed by atoms with van der Waals surface area (Å²) in [6.07, 6.45) is 3.18. The first-order valence-electron chi connectivity index (χ1n) is 9.38. The van der Waals surface area contributed by atoms with Gasteiger partial charge in [0.1, 0.15) is 6.61 Å². The Hall–Kier alpha value is -3.00. The maximum atomic E-state index is 12.4. The number of rotatable bonds is 11. The zero-order chi connectivity index (χ0) is 21.9. The molecular weight excluding hydrogens is 452 g/mol. The standard InChI is InChI=1S/C22H25BrN2O5/c1-5-10-30-21-17(23)11-15(12-20(21)29-7-3)14-24-25-22(26)16-8-9-18(27-4)19(13-16)28-6-2/h5,8-9,11-14H,1,6-7,10H2,2-4H3,(H,25,26)/b24-14+. The molecule has 0 aromatic heterocycles. The second-order valence-electron chi connectivity index (χ2n) is 5.86. The van der Waals surface area contributed by atoms with E-state index in [4.69, 9.17) is 18.9 Å². The topological polar surface area (TPSA) is 78.4 Å². The number of hydrogen-bond donors (Lipinski definition) is 1. The van der Waals surface area contributed by atoms with Gasteiger partial charge in [0.05, 0.1) is 31.0 Å². The quantitative estimate of drug-likeness (QED) is 0.291. The van der Waals surface area contributed by atoms with Crippen LogP contribution in [-0.4, -0.2) is 39.1 Å². The lowest BCUT2D eigenvalue weighted by atomic mass is 10.2. The molecule has 30 heavy (non-hydrogen) atoms. The van der Waals surface area contributed by atoms with E-state index in [2.05, 4.69) is 33.0 Å². The lowest BCUT2D eigenvalue weighted by Crippen LogP contribution is -2.17. The number of hydrogen-bond acceptors (Lipinski definition) is 6. The molecule has 2 aromatic carbocycles. The summed E-state index contributed by atoms with van der Waals surface area (Å²) in [6, 6.07) is 8.53. The molecule has 160 valence electrons. The molecule has 0 spiro atoms. The number of ether oxygens (including phenoxy) is 4. The molecule has 7 nitrogen and oxygen atoms in total. The van der Waals surface area contributed by atoms with Gasteiger partial charge < -0.3 is 18.9 Å². The second-order valence-corrected chi connectivity index (χ2v) is 6.71. The number of halogens is 1. The fraction of sp³-hybridized carbons (Fsp3) is 0.273. The predicted octanol–water partition coefficient (Wildman–Crippen LogP) is 4.58. The van der Waals surface area contributed by atoms with Crippen molar-refractivity contribution >= 4 is 28.1 Å². The molecule has 0 aliphatic rings. The van der Waals surface area contributed by atoms with Crippen LogP contribution in [-0.2, 0) is 0 Å². The first kappa shape index (κ1) is 23.3. The van der Waals surface area contributed by atoms with E-state index in [-0.39, 0.29) is 5.91 Å². The molecule has 2 rings (SSSR count). The highest BCUT2D eigenvalue weighted by molar-refractivity contribution is 9.10. The van der Waals surface area contributed by atoms with E-state index in [0.717, 1.165) is 5.56 Å². The van der Waals surface area contributed by atoms with Crippen molar-refractivity contribution in [1.82, 2.24) is 5.43 Å². The number of benzene rings is 2. The monoisotopic (exact) mass is 476 g/mol. The molecule has 0 aliphatic heterocycles. The zero-order valence-electron chi connectivity index (χ0n) is 17.2. The largest absolute Gasteiger partial charge is 0.493 e. The highest BCUT2D eigenvalue weighted by Crippen LogP contribution is 2.36.